The Kier molecular flexibility index (Phi) is 4.57. The Labute approximate surface area is 122 Å². The third-order valence-electron chi connectivity index (χ3n) is 3.03. The molecule has 0 radical (unpaired) electrons. The van der Waals surface area contributed by atoms with Gasteiger partial charge in [-0.05, 0) is 6.92 Å². The van der Waals surface area contributed by atoms with E-state index in [4.69, 9.17) is 9.72 Å². The number of halogens is 1. The molecule has 2 aromatic rings. The van der Waals surface area contributed by atoms with Crippen molar-refractivity contribution >= 4 is 23.7 Å². The molecule has 104 valence electrons. The Morgan fingerprint density at radius 3 is 3.00 bits per heavy atom. The fraction of sp³-hybridized carbons (Fsp3) is 0.500. The second-order valence-corrected chi connectivity index (χ2v) is 5.34. The fourth-order valence-corrected chi connectivity index (χ4v) is 3.03. The van der Waals surface area contributed by atoms with E-state index in [2.05, 4.69) is 15.8 Å². The maximum Gasteiger partial charge on any atom is 0.113 e. The first-order chi connectivity index (χ1) is 8.74. The highest BCUT2D eigenvalue weighted by Crippen LogP contribution is 2.27. The summed E-state index contributed by atoms with van der Waals surface area (Å²) in [6.45, 7) is 4.40. The summed E-state index contributed by atoms with van der Waals surface area (Å²) < 4.78 is 7.29. The van der Waals surface area contributed by atoms with Crippen LogP contribution < -0.4 is 5.32 Å². The SMILES string of the molecule is Cc1nn(C)cc1-c1csc(C2COCCN2)n1.Cl. The first-order valence-corrected chi connectivity index (χ1v) is 6.89. The van der Waals surface area contributed by atoms with Crippen LogP contribution in [0.15, 0.2) is 11.6 Å². The number of hydrogen-bond donors (Lipinski definition) is 1. The fourth-order valence-electron chi connectivity index (χ4n) is 2.15. The van der Waals surface area contributed by atoms with Crippen molar-refractivity contribution in [2.75, 3.05) is 19.8 Å². The van der Waals surface area contributed by atoms with Crippen LogP contribution in [0.2, 0.25) is 0 Å². The van der Waals surface area contributed by atoms with E-state index in [9.17, 15) is 0 Å². The standard InChI is InChI=1S/C12H16N4OS.ClH/c1-8-9(5-16(2)15-8)11-7-18-12(14-11)10-6-17-4-3-13-10;/h5,7,10,13H,3-4,6H2,1-2H3;1H. The van der Waals surface area contributed by atoms with Crippen LogP contribution in [0.1, 0.15) is 16.7 Å². The molecule has 7 heteroatoms. The van der Waals surface area contributed by atoms with Gasteiger partial charge in [-0.2, -0.15) is 5.10 Å². The highest BCUT2D eigenvalue weighted by atomic mass is 35.5. The van der Waals surface area contributed by atoms with Gasteiger partial charge in [0.05, 0.1) is 30.6 Å². The molecule has 0 aliphatic carbocycles. The number of aryl methyl sites for hydroxylation is 2. The molecule has 0 aromatic carbocycles. The number of nitrogens with zero attached hydrogens (tertiary/aromatic N) is 3. The summed E-state index contributed by atoms with van der Waals surface area (Å²) in [5.41, 5.74) is 3.13. The van der Waals surface area contributed by atoms with Gasteiger partial charge in [-0.1, -0.05) is 0 Å². The van der Waals surface area contributed by atoms with E-state index in [1.165, 1.54) is 0 Å². The molecule has 1 aliphatic rings. The zero-order valence-electron chi connectivity index (χ0n) is 10.9. The van der Waals surface area contributed by atoms with E-state index in [-0.39, 0.29) is 18.4 Å². The van der Waals surface area contributed by atoms with Gasteiger partial charge in [-0.15, -0.1) is 23.7 Å². The predicted molar refractivity (Wildman–Crippen MR) is 77.9 cm³/mol. The van der Waals surface area contributed by atoms with E-state index >= 15 is 0 Å². The number of rotatable bonds is 2. The molecule has 0 bridgehead atoms. The first kappa shape index (κ1) is 14.5. The Balaban J connectivity index is 0.00000133. The molecule has 3 rings (SSSR count). The summed E-state index contributed by atoms with van der Waals surface area (Å²) >= 11 is 1.68. The van der Waals surface area contributed by atoms with Crippen molar-refractivity contribution in [3.63, 3.8) is 0 Å². The zero-order valence-corrected chi connectivity index (χ0v) is 12.6. The van der Waals surface area contributed by atoms with Gasteiger partial charge in [-0.3, -0.25) is 4.68 Å². The Morgan fingerprint density at radius 1 is 1.53 bits per heavy atom. The number of hydrogen-bond acceptors (Lipinski definition) is 5. The quantitative estimate of drug-likeness (QED) is 0.921. The second-order valence-electron chi connectivity index (χ2n) is 4.45. The molecule has 2 aromatic heterocycles. The van der Waals surface area contributed by atoms with Gasteiger partial charge in [-0.25, -0.2) is 4.98 Å². The third kappa shape index (κ3) is 2.97. The Bertz CT molecular complexity index is 548. The molecule has 19 heavy (non-hydrogen) atoms. The molecule has 1 N–H and O–H groups in total. The minimum Gasteiger partial charge on any atom is -0.378 e. The van der Waals surface area contributed by atoms with Gasteiger partial charge in [0, 0.05) is 30.7 Å². The molecule has 0 saturated carbocycles. The largest absolute Gasteiger partial charge is 0.378 e. The first-order valence-electron chi connectivity index (χ1n) is 6.01. The Hall–Kier alpha value is -0.950. The summed E-state index contributed by atoms with van der Waals surface area (Å²) in [7, 11) is 1.93. The molecule has 1 saturated heterocycles. The van der Waals surface area contributed by atoms with Crippen LogP contribution in [0.5, 0.6) is 0 Å². The molecule has 5 nitrogen and oxygen atoms in total. The number of ether oxygens (including phenoxy) is 1. The molecule has 0 amide bonds. The molecule has 1 fully saturated rings. The number of morpholine rings is 1. The van der Waals surface area contributed by atoms with Crippen LogP contribution in [-0.4, -0.2) is 34.5 Å². The van der Waals surface area contributed by atoms with Crippen molar-refractivity contribution < 1.29 is 4.74 Å². The molecular weight excluding hydrogens is 284 g/mol. The van der Waals surface area contributed by atoms with Crippen molar-refractivity contribution in [3.05, 3.63) is 22.3 Å². The lowest BCUT2D eigenvalue weighted by atomic mass is 10.2. The average Bonchev–Trinajstić information content (AvgIpc) is 2.97. The highest BCUT2D eigenvalue weighted by Gasteiger charge is 2.19. The summed E-state index contributed by atoms with van der Waals surface area (Å²) in [6.07, 6.45) is 2.01. The Morgan fingerprint density at radius 2 is 2.37 bits per heavy atom. The van der Waals surface area contributed by atoms with Gasteiger partial charge in [0.2, 0.25) is 0 Å². The van der Waals surface area contributed by atoms with Crippen LogP contribution >= 0.6 is 23.7 Å². The van der Waals surface area contributed by atoms with Gasteiger partial charge >= 0.3 is 0 Å². The van der Waals surface area contributed by atoms with E-state index < -0.39 is 0 Å². The summed E-state index contributed by atoms with van der Waals surface area (Å²) in [5.74, 6) is 0. The lowest BCUT2D eigenvalue weighted by molar-refractivity contribution is 0.0768. The third-order valence-corrected chi connectivity index (χ3v) is 3.99. The minimum absolute atomic E-state index is 0. The maximum absolute atomic E-state index is 5.47. The maximum atomic E-state index is 5.47. The van der Waals surface area contributed by atoms with Crippen LogP contribution in [-0.2, 0) is 11.8 Å². The predicted octanol–water partition coefficient (Wildman–Crippen LogP) is 1.93. The van der Waals surface area contributed by atoms with E-state index in [0.29, 0.717) is 6.61 Å². The molecule has 0 spiro atoms. The van der Waals surface area contributed by atoms with Crippen molar-refractivity contribution in [2.45, 2.75) is 13.0 Å². The van der Waals surface area contributed by atoms with Gasteiger partial charge in [0.25, 0.3) is 0 Å². The van der Waals surface area contributed by atoms with Gasteiger partial charge in [0.15, 0.2) is 0 Å². The second kappa shape index (κ2) is 6.00. The summed E-state index contributed by atoms with van der Waals surface area (Å²) in [5, 5.41) is 11.0. The van der Waals surface area contributed by atoms with Crippen LogP contribution in [0, 0.1) is 6.92 Å². The molecule has 1 unspecified atom stereocenters. The van der Waals surface area contributed by atoms with Crippen LogP contribution in [0.25, 0.3) is 11.3 Å². The number of aromatic nitrogens is 3. The molecule has 3 heterocycles. The molecule has 1 aliphatic heterocycles. The average molecular weight is 301 g/mol. The normalized spacial score (nSPS) is 19.2. The van der Waals surface area contributed by atoms with Crippen molar-refractivity contribution in [2.24, 2.45) is 7.05 Å². The van der Waals surface area contributed by atoms with E-state index in [0.717, 1.165) is 35.1 Å². The summed E-state index contributed by atoms with van der Waals surface area (Å²) in [4.78, 5) is 4.70. The van der Waals surface area contributed by atoms with Crippen molar-refractivity contribution in [1.82, 2.24) is 20.1 Å². The van der Waals surface area contributed by atoms with Crippen molar-refractivity contribution in [1.29, 1.82) is 0 Å². The van der Waals surface area contributed by atoms with E-state index in [1.807, 2.05) is 24.9 Å². The molecule has 1 atom stereocenters. The zero-order chi connectivity index (χ0) is 12.5. The molecular formula is C12H17ClN4OS. The van der Waals surface area contributed by atoms with E-state index in [1.54, 1.807) is 11.3 Å². The van der Waals surface area contributed by atoms with Crippen LogP contribution in [0.4, 0.5) is 0 Å². The van der Waals surface area contributed by atoms with Gasteiger partial charge < -0.3 is 10.1 Å². The van der Waals surface area contributed by atoms with Crippen LogP contribution in [0.3, 0.4) is 0 Å². The van der Waals surface area contributed by atoms with Gasteiger partial charge in [0.1, 0.15) is 5.01 Å². The number of nitrogens with one attached hydrogen (secondary N) is 1. The highest BCUT2D eigenvalue weighted by molar-refractivity contribution is 7.10. The topological polar surface area (TPSA) is 52.0 Å². The summed E-state index contributed by atoms with van der Waals surface area (Å²) in [6, 6.07) is 0.231. The van der Waals surface area contributed by atoms with Crippen molar-refractivity contribution in [3.8, 4) is 11.3 Å². The monoisotopic (exact) mass is 300 g/mol. The lowest BCUT2D eigenvalue weighted by Gasteiger charge is -2.21. The minimum atomic E-state index is 0. The smallest absolute Gasteiger partial charge is 0.113 e. The number of thiazole rings is 1. The lowest BCUT2D eigenvalue weighted by Crippen LogP contribution is -2.34.